The maximum atomic E-state index is 12.5. The van der Waals surface area contributed by atoms with E-state index in [1.54, 1.807) is 24.3 Å². The van der Waals surface area contributed by atoms with Gasteiger partial charge in [-0.1, -0.05) is 54.1 Å². The van der Waals surface area contributed by atoms with Crippen molar-refractivity contribution in [2.45, 2.75) is 11.8 Å². The largest absolute Gasteiger partial charge is 0.433 e. The number of hydrazine groups is 1. The summed E-state index contributed by atoms with van der Waals surface area (Å²) in [5.74, 6) is -0.342. The Kier molecular flexibility index (Phi) is 5.67. The number of rotatable bonds is 7. The van der Waals surface area contributed by atoms with Gasteiger partial charge < -0.3 is 4.74 Å². The monoisotopic (exact) mass is 451 g/mol. The number of aryl methyl sites for hydroxylation is 1. The molecule has 1 aromatic heterocycles. The molecular weight excluding hydrogens is 434 g/mol. The number of benzene rings is 3. The first-order valence-electron chi connectivity index (χ1n) is 9.34. The second kappa shape index (κ2) is 8.57. The van der Waals surface area contributed by atoms with Crippen LogP contribution in [0, 0.1) is 17.0 Å². The van der Waals surface area contributed by atoms with Gasteiger partial charge in [-0.3, -0.25) is 15.5 Å². The van der Waals surface area contributed by atoms with Crippen LogP contribution < -0.4 is 15.0 Å². The van der Waals surface area contributed by atoms with E-state index in [0.717, 1.165) is 22.7 Å². The predicted octanol–water partition coefficient (Wildman–Crippen LogP) is 3.94. The number of hydrogen-bond acceptors (Lipinski definition) is 8. The number of aromatic nitrogens is 2. The maximum Gasteiger partial charge on any atom is 0.374 e. The Morgan fingerprint density at radius 1 is 0.969 bits per heavy atom. The fourth-order valence-electron chi connectivity index (χ4n) is 2.97. The number of anilines is 1. The van der Waals surface area contributed by atoms with Gasteiger partial charge in [0.1, 0.15) is 12.1 Å². The van der Waals surface area contributed by atoms with Crippen molar-refractivity contribution in [1.29, 1.82) is 0 Å². The molecule has 0 spiro atoms. The lowest BCUT2D eigenvalue weighted by molar-refractivity contribution is -0.385. The third-order valence-electron chi connectivity index (χ3n) is 4.56. The Hall–Kier alpha value is -4.09. The van der Waals surface area contributed by atoms with Crippen LogP contribution in [0.15, 0.2) is 78.0 Å². The molecule has 0 amide bonds. The van der Waals surface area contributed by atoms with Crippen LogP contribution in [0.25, 0.3) is 10.8 Å². The zero-order chi connectivity index (χ0) is 22.7. The number of nitrogens with zero attached hydrogens (tertiary/aromatic N) is 3. The molecule has 0 aliphatic carbocycles. The molecular formula is C21H17N5O5S. The first-order valence-corrected chi connectivity index (χ1v) is 10.8. The van der Waals surface area contributed by atoms with Crippen LogP contribution in [-0.4, -0.2) is 23.3 Å². The van der Waals surface area contributed by atoms with E-state index >= 15 is 0 Å². The average molecular weight is 451 g/mol. The van der Waals surface area contributed by atoms with Crippen LogP contribution in [0.2, 0.25) is 0 Å². The molecule has 0 saturated heterocycles. The van der Waals surface area contributed by atoms with Crippen LogP contribution in [0.1, 0.15) is 5.56 Å². The highest BCUT2D eigenvalue weighted by molar-refractivity contribution is 7.89. The molecule has 3 aromatic carbocycles. The molecule has 0 unspecified atom stereocenters. The molecule has 10 nitrogen and oxygen atoms in total. The zero-order valence-corrected chi connectivity index (χ0v) is 17.5. The van der Waals surface area contributed by atoms with Gasteiger partial charge in [0.15, 0.2) is 0 Å². The van der Waals surface area contributed by atoms with Gasteiger partial charge in [-0.25, -0.2) is 13.4 Å². The number of fused-ring (bicyclic) bond motifs is 1. The second-order valence-electron chi connectivity index (χ2n) is 6.76. The standard InChI is InChI=1S/C21H17N5O5S/c1-14-9-11-16(12-10-14)32(29,30)25-24-20-19(26(27)28)21(23-13-22-20)31-18-8-4-6-15-5-2-3-7-17(15)18/h2-13,25H,1H3,(H,22,23,24). The van der Waals surface area contributed by atoms with Gasteiger partial charge >= 0.3 is 11.6 Å². The smallest absolute Gasteiger partial charge is 0.374 e. The molecule has 2 N–H and O–H groups in total. The lowest BCUT2D eigenvalue weighted by Gasteiger charge is -2.12. The van der Waals surface area contributed by atoms with Gasteiger partial charge in [0.05, 0.1) is 9.82 Å². The van der Waals surface area contributed by atoms with Crippen molar-refractivity contribution in [2.75, 3.05) is 5.43 Å². The second-order valence-corrected chi connectivity index (χ2v) is 8.44. The first kappa shape index (κ1) is 21.2. The topological polar surface area (TPSA) is 136 Å². The Morgan fingerprint density at radius 2 is 1.69 bits per heavy atom. The Balaban J connectivity index is 1.65. The van der Waals surface area contributed by atoms with Crippen molar-refractivity contribution in [3.63, 3.8) is 0 Å². The fraction of sp³-hybridized carbons (Fsp3) is 0.0476. The predicted molar refractivity (Wildman–Crippen MR) is 118 cm³/mol. The van der Waals surface area contributed by atoms with E-state index in [-0.39, 0.29) is 16.6 Å². The lowest BCUT2D eigenvalue weighted by Crippen LogP contribution is -2.30. The fourth-order valence-corrected chi connectivity index (χ4v) is 3.82. The van der Waals surface area contributed by atoms with E-state index < -0.39 is 20.6 Å². The normalized spacial score (nSPS) is 11.3. The minimum Gasteiger partial charge on any atom is -0.433 e. The Morgan fingerprint density at radius 3 is 2.44 bits per heavy atom. The Bertz CT molecular complexity index is 1400. The van der Waals surface area contributed by atoms with Crippen molar-refractivity contribution in [1.82, 2.24) is 14.8 Å². The molecule has 0 aliphatic rings. The zero-order valence-electron chi connectivity index (χ0n) is 16.7. The molecule has 4 rings (SSSR count). The van der Waals surface area contributed by atoms with Crippen LogP contribution >= 0.6 is 0 Å². The van der Waals surface area contributed by atoms with E-state index in [9.17, 15) is 18.5 Å². The molecule has 32 heavy (non-hydrogen) atoms. The van der Waals surface area contributed by atoms with Crippen molar-refractivity contribution in [3.8, 4) is 11.6 Å². The van der Waals surface area contributed by atoms with Gasteiger partial charge in [0, 0.05) is 5.39 Å². The van der Waals surface area contributed by atoms with Crippen molar-refractivity contribution < 1.29 is 18.1 Å². The quantitative estimate of drug-likeness (QED) is 0.318. The van der Waals surface area contributed by atoms with E-state index in [0.29, 0.717) is 5.75 Å². The molecule has 162 valence electrons. The highest BCUT2D eigenvalue weighted by atomic mass is 32.2. The summed E-state index contributed by atoms with van der Waals surface area (Å²) in [7, 11) is -4.00. The van der Waals surface area contributed by atoms with E-state index in [4.69, 9.17) is 4.74 Å². The summed E-state index contributed by atoms with van der Waals surface area (Å²) >= 11 is 0. The summed E-state index contributed by atoms with van der Waals surface area (Å²) < 4.78 is 30.7. The summed E-state index contributed by atoms with van der Waals surface area (Å²) in [4.78, 5) is 20.8. The molecule has 0 radical (unpaired) electrons. The molecule has 0 bridgehead atoms. The van der Waals surface area contributed by atoms with Gasteiger partial charge in [-0.15, -0.1) is 4.83 Å². The number of nitrogens with one attached hydrogen (secondary N) is 2. The first-order chi connectivity index (χ1) is 15.3. The number of nitro groups is 1. The third kappa shape index (κ3) is 4.33. The summed E-state index contributed by atoms with van der Waals surface area (Å²) in [6.45, 7) is 1.82. The SMILES string of the molecule is Cc1ccc(S(=O)(=O)NNc2ncnc(Oc3cccc4ccccc34)c2[N+](=O)[O-])cc1. The minimum atomic E-state index is -4.00. The van der Waals surface area contributed by atoms with Crippen molar-refractivity contribution in [2.24, 2.45) is 0 Å². The molecule has 0 aliphatic heterocycles. The highest BCUT2D eigenvalue weighted by Gasteiger charge is 2.27. The molecule has 11 heteroatoms. The minimum absolute atomic E-state index is 0.0143. The third-order valence-corrected chi connectivity index (χ3v) is 5.83. The van der Waals surface area contributed by atoms with Gasteiger partial charge in [-0.05, 0) is 30.5 Å². The van der Waals surface area contributed by atoms with Gasteiger partial charge in [0.2, 0.25) is 5.82 Å². The van der Waals surface area contributed by atoms with Crippen LogP contribution in [0.5, 0.6) is 11.6 Å². The summed E-state index contributed by atoms with van der Waals surface area (Å²) in [5.41, 5.74) is 2.57. The number of hydrogen-bond donors (Lipinski definition) is 2. The summed E-state index contributed by atoms with van der Waals surface area (Å²) in [6, 6.07) is 18.8. The lowest BCUT2D eigenvalue weighted by atomic mass is 10.1. The highest BCUT2D eigenvalue weighted by Crippen LogP contribution is 2.36. The summed E-state index contributed by atoms with van der Waals surface area (Å²) in [5, 5.41) is 13.4. The average Bonchev–Trinajstić information content (AvgIpc) is 2.78. The van der Waals surface area contributed by atoms with Crippen LogP contribution in [-0.2, 0) is 10.0 Å². The molecule has 0 fully saturated rings. The molecule has 0 saturated carbocycles. The maximum absolute atomic E-state index is 12.5. The molecule has 4 aromatic rings. The summed E-state index contributed by atoms with van der Waals surface area (Å²) in [6.07, 6.45) is 1.04. The van der Waals surface area contributed by atoms with Gasteiger partial charge in [0.25, 0.3) is 10.0 Å². The van der Waals surface area contributed by atoms with Gasteiger partial charge in [-0.2, -0.15) is 4.98 Å². The van der Waals surface area contributed by atoms with E-state index in [1.807, 2.05) is 37.3 Å². The Labute approximate surface area is 183 Å². The molecule has 0 atom stereocenters. The van der Waals surface area contributed by atoms with E-state index in [2.05, 4.69) is 20.2 Å². The van der Waals surface area contributed by atoms with Crippen molar-refractivity contribution in [3.05, 3.63) is 88.7 Å². The van der Waals surface area contributed by atoms with Crippen LogP contribution in [0.4, 0.5) is 11.5 Å². The number of sulfonamides is 1. The van der Waals surface area contributed by atoms with Crippen LogP contribution in [0.3, 0.4) is 0 Å². The van der Waals surface area contributed by atoms with E-state index in [1.165, 1.54) is 12.1 Å². The van der Waals surface area contributed by atoms with Crippen molar-refractivity contribution >= 4 is 32.3 Å². The molecule has 1 heterocycles. The number of ether oxygens (including phenoxy) is 1.